The number of carbonyl (C=O) groups excluding carboxylic acids is 2. The van der Waals surface area contributed by atoms with E-state index in [0.29, 0.717) is 49.7 Å². The van der Waals surface area contributed by atoms with Gasteiger partial charge in [-0.1, -0.05) is 37.9 Å². The highest BCUT2D eigenvalue weighted by Gasteiger charge is 2.32. The van der Waals surface area contributed by atoms with Gasteiger partial charge in [-0.25, -0.2) is 4.21 Å². The lowest BCUT2D eigenvalue weighted by Gasteiger charge is -2.31. The second kappa shape index (κ2) is 13.6. The Morgan fingerprint density at radius 3 is 2.63 bits per heavy atom. The number of halogens is 1. The SMILES string of the molecule is CCCc1cc(Cl)ccc1C1COc2ccc3cc2N(CCC(CC)C(=O)N(C)CCOC(C)(C)C(=O)NS3=O)C1. The van der Waals surface area contributed by atoms with Gasteiger partial charge in [0.1, 0.15) is 11.4 Å². The summed E-state index contributed by atoms with van der Waals surface area (Å²) in [6.07, 6.45) is 3.29. The highest BCUT2D eigenvalue weighted by Crippen LogP contribution is 2.38. The standard InChI is InChI=1S/C31H42ClN3O5S/c1-6-8-22-17-24(32)9-11-26(22)23-19-35-14-13-21(7-2)29(36)34(5)15-16-40-31(3,4)30(37)33-41(38)25-10-12-28(39-20-23)27(35)18-25/h9-12,17-18,21,23H,6-8,13-16,19-20H2,1-5H3,(H,33,37). The van der Waals surface area contributed by atoms with Gasteiger partial charge in [-0.15, -0.1) is 0 Å². The molecule has 0 aliphatic carbocycles. The van der Waals surface area contributed by atoms with Crippen molar-refractivity contribution in [2.75, 3.05) is 44.8 Å². The van der Waals surface area contributed by atoms with Crippen molar-refractivity contribution in [3.8, 4) is 5.75 Å². The molecule has 0 spiro atoms. The number of nitrogens with zero attached hydrogens (tertiary/aromatic N) is 2. The quantitative estimate of drug-likeness (QED) is 0.523. The van der Waals surface area contributed by atoms with Crippen molar-refractivity contribution in [1.82, 2.24) is 9.62 Å². The van der Waals surface area contributed by atoms with E-state index in [4.69, 9.17) is 21.1 Å². The van der Waals surface area contributed by atoms with Crippen LogP contribution in [-0.2, 0) is 31.7 Å². The topological polar surface area (TPSA) is 88.2 Å². The summed E-state index contributed by atoms with van der Waals surface area (Å²) in [5.74, 6) is 0.159. The predicted octanol–water partition coefficient (Wildman–Crippen LogP) is 5.10. The lowest BCUT2D eigenvalue weighted by Crippen LogP contribution is -2.46. The fourth-order valence-electron chi connectivity index (χ4n) is 5.45. The molecule has 10 heteroatoms. The number of hydrogen-bond donors (Lipinski definition) is 1. The summed E-state index contributed by atoms with van der Waals surface area (Å²) in [7, 11) is -0.0213. The summed E-state index contributed by atoms with van der Waals surface area (Å²) in [6, 6.07) is 11.4. The minimum atomic E-state index is -1.79. The highest BCUT2D eigenvalue weighted by molar-refractivity contribution is 7.83. The Morgan fingerprint density at radius 1 is 1.12 bits per heavy atom. The summed E-state index contributed by atoms with van der Waals surface area (Å²) in [6.45, 7) is 9.76. The van der Waals surface area contributed by atoms with Crippen LogP contribution in [0.25, 0.3) is 0 Å². The second-order valence-electron chi connectivity index (χ2n) is 11.4. The molecule has 0 radical (unpaired) electrons. The third kappa shape index (κ3) is 7.43. The molecule has 2 aromatic rings. The molecule has 0 saturated carbocycles. The van der Waals surface area contributed by atoms with E-state index in [1.165, 1.54) is 11.1 Å². The van der Waals surface area contributed by atoms with Crippen molar-refractivity contribution in [2.24, 2.45) is 5.92 Å². The van der Waals surface area contributed by atoms with Crippen LogP contribution in [0.3, 0.4) is 0 Å². The fourth-order valence-corrected chi connectivity index (χ4v) is 6.59. The Kier molecular flexibility index (Phi) is 10.4. The van der Waals surface area contributed by atoms with Gasteiger partial charge < -0.3 is 19.3 Å². The second-order valence-corrected chi connectivity index (χ2v) is 13.0. The van der Waals surface area contributed by atoms with Crippen LogP contribution in [-0.4, -0.2) is 66.4 Å². The van der Waals surface area contributed by atoms with Gasteiger partial charge in [-0.2, -0.15) is 0 Å². The van der Waals surface area contributed by atoms with Crippen molar-refractivity contribution in [2.45, 2.75) is 69.8 Å². The Bertz CT molecular complexity index is 1290. The van der Waals surface area contributed by atoms with E-state index in [9.17, 15) is 13.8 Å². The molecule has 2 heterocycles. The monoisotopic (exact) mass is 603 g/mol. The molecule has 8 nitrogen and oxygen atoms in total. The number of benzene rings is 2. The molecular formula is C31H42ClN3O5S. The van der Waals surface area contributed by atoms with E-state index in [-0.39, 0.29) is 24.3 Å². The zero-order chi connectivity index (χ0) is 29.7. The molecule has 0 saturated heterocycles. The Labute approximate surface area is 251 Å². The van der Waals surface area contributed by atoms with E-state index in [1.54, 1.807) is 31.9 Å². The number of rotatable bonds is 4. The minimum absolute atomic E-state index is 0.0612. The number of ether oxygens (including phenoxy) is 2. The van der Waals surface area contributed by atoms with E-state index in [0.717, 1.165) is 23.6 Å². The van der Waals surface area contributed by atoms with Crippen LogP contribution >= 0.6 is 11.6 Å². The summed E-state index contributed by atoms with van der Waals surface area (Å²) in [5, 5.41) is 0.719. The first kappa shape index (κ1) is 31.3. The lowest BCUT2D eigenvalue weighted by molar-refractivity contribution is -0.143. The highest BCUT2D eigenvalue weighted by atomic mass is 35.5. The molecule has 3 atom stereocenters. The van der Waals surface area contributed by atoms with Crippen molar-refractivity contribution in [1.29, 1.82) is 0 Å². The van der Waals surface area contributed by atoms with E-state index in [1.807, 2.05) is 31.2 Å². The molecule has 1 N–H and O–H groups in total. The number of likely N-dealkylation sites (N-methyl/N-ethyl adjacent to an activating group) is 1. The molecule has 2 aliphatic heterocycles. The van der Waals surface area contributed by atoms with Crippen LogP contribution in [0.2, 0.25) is 5.02 Å². The molecule has 2 bridgehead atoms. The maximum absolute atomic E-state index is 13.4. The molecule has 224 valence electrons. The number of nitrogens with one attached hydrogen (secondary N) is 1. The molecule has 0 fully saturated rings. The van der Waals surface area contributed by atoms with Crippen molar-refractivity contribution in [3.05, 3.63) is 52.5 Å². The number of anilines is 1. The molecule has 2 aromatic carbocycles. The largest absolute Gasteiger partial charge is 0.491 e. The van der Waals surface area contributed by atoms with Gasteiger partial charge in [0.15, 0.2) is 11.0 Å². The third-order valence-corrected chi connectivity index (χ3v) is 9.31. The summed E-state index contributed by atoms with van der Waals surface area (Å²) in [5.41, 5.74) is 2.00. The maximum Gasteiger partial charge on any atom is 0.263 e. The zero-order valence-corrected chi connectivity index (χ0v) is 26.3. The molecule has 3 unspecified atom stereocenters. The van der Waals surface area contributed by atoms with Gasteiger partial charge in [0.2, 0.25) is 5.91 Å². The van der Waals surface area contributed by atoms with Gasteiger partial charge >= 0.3 is 0 Å². The van der Waals surface area contributed by atoms with Crippen molar-refractivity contribution in [3.63, 3.8) is 0 Å². The molecule has 41 heavy (non-hydrogen) atoms. The van der Waals surface area contributed by atoms with Crippen LogP contribution in [0.4, 0.5) is 5.69 Å². The number of carbonyl (C=O) groups is 2. The van der Waals surface area contributed by atoms with Gasteiger partial charge in [-0.05, 0) is 74.6 Å². The number of fused-ring (bicyclic) bond motifs is 1. The van der Waals surface area contributed by atoms with Crippen LogP contribution in [0, 0.1) is 5.92 Å². The molecule has 2 amide bonds. The predicted molar refractivity (Wildman–Crippen MR) is 163 cm³/mol. The molecule has 4 rings (SSSR count). The van der Waals surface area contributed by atoms with Crippen molar-refractivity contribution < 1.29 is 23.3 Å². The van der Waals surface area contributed by atoms with Gasteiger partial charge in [0.25, 0.3) is 5.91 Å². The first-order valence-corrected chi connectivity index (χ1v) is 16.0. The van der Waals surface area contributed by atoms with Crippen LogP contribution < -0.4 is 14.4 Å². The average molecular weight is 604 g/mol. The Hall–Kier alpha value is -2.62. The third-order valence-electron chi connectivity index (χ3n) is 8.02. The van der Waals surface area contributed by atoms with Crippen LogP contribution in [0.15, 0.2) is 41.3 Å². The summed E-state index contributed by atoms with van der Waals surface area (Å²) >= 11 is 6.36. The smallest absolute Gasteiger partial charge is 0.263 e. The Morgan fingerprint density at radius 2 is 1.90 bits per heavy atom. The summed E-state index contributed by atoms with van der Waals surface area (Å²) < 4.78 is 28.1. The zero-order valence-electron chi connectivity index (χ0n) is 24.7. The number of hydrogen-bond acceptors (Lipinski definition) is 6. The van der Waals surface area contributed by atoms with Gasteiger partial charge in [0, 0.05) is 43.5 Å². The average Bonchev–Trinajstić information content (AvgIpc) is 3.12. The van der Waals surface area contributed by atoms with Crippen LogP contribution in [0.5, 0.6) is 5.75 Å². The van der Waals surface area contributed by atoms with Gasteiger partial charge in [-0.3, -0.25) is 14.3 Å². The van der Waals surface area contributed by atoms with Crippen LogP contribution in [0.1, 0.15) is 64.0 Å². The summed E-state index contributed by atoms with van der Waals surface area (Å²) in [4.78, 5) is 30.8. The molecular weight excluding hydrogens is 562 g/mol. The molecule has 2 aliphatic rings. The lowest BCUT2D eigenvalue weighted by atomic mass is 9.91. The fraction of sp³-hybridized carbons (Fsp3) is 0.548. The van der Waals surface area contributed by atoms with Gasteiger partial charge in [0.05, 0.1) is 23.8 Å². The first-order chi connectivity index (χ1) is 19.5. The van der Waals surface area contributed by atoms with E-state index >= 15 is 0 Å². The van der Waals surface area contributed by atoms with Crippen molar-refractivity contribution >= 4 is 40.1 Å². The number of amides is 2. The molecule has 0 aromatic heterocycles. The van der Waals surface area contributed by atoms with E-state index in [2.05, 4.69) is 22.6 Å². The first-order valence-electron chi connectivity index (χ1n) is 14.5. The normalized spacial score (nSPS) is 23.9. The number of aryl methyl sites for hydroxylation is 1. The minimum Gasteiger partial charge on any atom is -0.491 e. The van der Waals surface area contributed by atoms with E-state index < -0.39 is 22.5 Å². The Balaban J connectivity index is 1.74. The maximum atomic E-state index is 13.4.